The molecule has 0 unspecified atom stereocenters. The molecule has 1 aliphatic rings. The summed E-state index contributed by atoms with van der Waals surface area (Å²) in [7, 11) is 0. The molecule has 0 saturated carbocycles. The number of nitro groups is 2. The van der Waals surface area contributed by atoms with Crippen LogP contribution in [0.5, 0.6) is 5.75 Å². The zero-order chi connectivity index (χ0) is 22.0. The van der Waals surface area contributed by atoms with E-state index in [4.69, 9.17) is 0 Å². The van der Waals surface area contributed by atoms with Gasteiger partial charge in [-0.25, -0.2) is 0 Å². The first-order chi connectivity index (χ1) is 14.2. The molecule has 2 aromatic rings. The van der Waals surface area contributed by atoms with Crippen molar-refractivity contribution in [1.29, 1.82) is 0 Å². The Hall–Kier alpha value is -2.60. The fourth-order valence-electron chi connectivity index (χ4n) is 2.99. The third kappa shape index (κ3) is 5.60. The van der Waals surface area contributed by atoms with Crippen LogP contribution in [-0.2, 0) is 4.79 Å². The minimum Gasteiger partial charge on any atom is -0.868 e. The molecular weight excluding hydrogens is 442 g/mol. The molecule has 0 N–H and O–H groups in total. The second kappa shape index (κ2) is 11.3. The summed E-state index contributed by atoms with van der Waals surface area (Å²) in [6.45, 7) is 0. The predicted molar refractivity (Wildman–Crippen MR) is 98.6 cm³/mol. The Morgan fingerprint density at radius 2 is 1.50 bits per heavy atom. The summed E-state index contributed by atoms with van der Waals surface area (Å²) in [5.74, 6) is -3.28. The van der Waals surface area contributed by atoms with Gasteiger partial charge in [0, 0.05) is 17.7 Å². The summed E-state index contributed by atoms with van der Waals surface area (Å²) in [5.41, 5.74) is -1.60. The number of carbonyl (C=O) groups is 2. The smallest absolute Gasteiger partial charge is 0.868 e. The third-order valence-corrected chi connectivity index (χ3v) is 4.30. The van der Waals surface area contributed by atoms with Crippen LogP contribution < -0.4 is 69.3 Å². The maximum absolute atomic E-state index is 11.8. The number of allylic oxidation sites excluding steroid dienone is 4. The molecule has 0 amide bonds. The van der Waals surface area contributed by atoms with E-state index in [9.17, 15) is 40.0 Å². The summed E-state index contributed by atoms with van der Waals surface area (Å²) in [5, 5.41) is 45.8. The van der Waals surface area contributed by atoms with Crippen molar-refractivity contribution in [3.8, 4) is 5.75 Å². The van der Waals surface area contributed by atoms with Crippen LogP contribution in [0.2, 0.25) is 0 Å². The Bertz CT molecular complexity index is 1220. The van der Waals surface area contributed by atoms with E-state index >= 15 is 0 Å². The number of aromatic carboxylic acids is 1. The fourth-order valence-corrected chi connectivity index (χ4v) is 2.99. The summed E-state index contributed by atoms with van der Waals surface area (Å²) in [4.78, 5) is 44.0. The van der Waals surface area contributed by atoms with Crippen LogP contribution >= 0.6 is 0 Å². The molecule has 0 aromatic heterocycles. The molecule has 0 fully saturated rings. The summed E-state index contributed by atoms with van der Waals surface area (Å²) < 4.78 is 0. The predicted octanol–water partition coefficient (Wildman–Crippen LogP) is -4.86. The van der Waals surface area contributed by atoms with Crippen molar-refractivity contribution in [1.82, 2.24) is 0 Å². The van der Waals surface area contributed by atoms with E-state index in [0.717, 1.165) is 24.3 Å². The molecule has 10 nitrogen and oxygen atoms in total. The number of carbonyl (C=O) groups excluding carboxylic acids is 2. The van der Waals surface area contributed by atoms with E-state index in [-0.39, 0.29) is 87.0 Å². The Morgan fingerprint density at radius 1 is 0.875 bits per heavy atom. The average Bonchev–Trinajstić information content (AvgIpc) is 2.70. The van der Waals surface area contributed by atoms with Crippen molar-refractivity contribution < 1.29 is 88.8 Å². The van der Waals surface area contributed by atoms with Gasteiger partial charge in [0.25, 0.3) is 11.5 Å². The Morgan fingerprint density at radius 3 is 2.06 bits per heavy atom. The maximum atomic E-state index is 11.8. The zero-order valence-corrected chi connectivity index (χ0v) is 20.9. The van der Waals surface area contributed by atoms with Crippen LogP contribution in [0.15, 0.2) is 72.0 Å². The van der Waals surface area contributed by atoms with Gasteiger partial charge in [-0.05, 0) is 40.2 Å². The maximum Gasteiger partial charge on any atom is 1.00 e. The van der Waals surface area contributed by atoms with Gasteiger partial charge in [0.1, 0.15) is 0 Å². The van der Waals surface area contributed by atoms with E-state index in [0.29, 0.717) is 0 Å². The molecule has 0 aliphatic heterocycles. The number of ketones is 1. The van der Waals surface area contributed by atoms with Gasteiger partial charge in [-0.15, -0.1) is 0 Å². The van der Waals surface area contributed by atoms with Crippen molar-refractivity contribution in [2.24, 2.45) is 0 Å². The number of benzene rings is 2. The number of nitro benzene ring substituents is 1. The normalized spacial score (nSPS) is 13.9. The van der Waals surface area contributed by atoms with Crippen molar-refractivity contribution in [3.05, 3.63) is 109 Å². The molecule has 150 valence electrons. The van der Waals surface area contributed by atoms with Crippen LogP contribution in [0.25, 0.3) is 5.57 Å². The van der Waals surface area contributed by atoms with Crippen LogP contribution in [0.1, 0.15) is 21.5 Å². The van der Waals surface area contributed by atoms with Gasteiger partial charge in [0.05, 0.1) is 15.8 Å². The minimum absolute atomic E-state index is 0. The van der Waals surface area contributed by atoms with E-state index in [1.54, 1.807) is 0 Å². The quantitative estimate of drug-likeness (QED) is 0.247. The largest absolute Gasteiger partial charge is 1.00 e. The molecular formula is C20H10N2Na2O8. The van der Waals surface area contributed by atoms with Crippen LogP contribution in [0.4, 0.5) is 5.69 Å². The number of hydrogen-bond donors (Lipinski definition) is 0. The molecule has 3 rings (SSSR count). The summed E-state index contributed by atoms with van der Waals surface area (Å²) >= 11 is 0. The summed E-state index contributed by atoms with van der Waals surface area (Å²) in [6, 6.07) is 8.65. The van der Waals surface area contributed by atoms with Gasteiger partial charge in [-0.1, -0.05) is 36.4 Å². The summed E-state index contributed by atoms with van der Waals surface area (Å²) in [6.07, 6.45) is 3.11. The molecule has 0 radical (unpaired) electrons. The second-order valence-electron chi connectivity index (χ2n) is 6.09. The van der Waals surface area contributed by atoms with Crippen molar-refractivity contribution in [2.45, 2.75) is 0 Å². The Balaban J connectivity index is 0.00000256. The van der Waals surface area contributed by atoms with Crippen LogP contribution in [0, 0.1) is 20.2 Å². The fraction of sp³-hybridized carbons (Fsp3) is 0. The molecule has 1 aliphatic carbocycles. The standard InChI is InChI=1S/C20H12N2O8.2Na/c23-17-7-5-11(9-15(17)21(27)28)19(13-3-1-2-4-14(13)20(25)26)12-6-8-18(24)16(10-12)22(29)30;;/h1-10,23H,(H,25,26);;/q;2*+1/p-2/b19-12+;;. The van der Waals surface area contributed by atoms with E-state index in [1.165, 1.54) is 36.4 Å². The van der Waals surface area contributed by atoms with Gasteiger partial charge in [0.15, 0.2) is 0 Å². The first-order valence-corrected chi connectivity index (χ1v) is 8.30. The van der Waals surface area contributed by atoms with Crippen molar-refractivity contribution in [3.63, 3.8) is 0 Å². The van der Waals surface area contributed by atoms with Gasteiger partial charge >= 0.3 is 64.8 Å². The topological polar surface area (TPSA) is 167 Å². The Kier molecular flexibility index (Phi) is 9.70. The van der Waals surface area contributed by atoms with Crippen molar-refractivity contribution >= 4 is 23.0 Å². The van der Waals surface area contributed by atoms with E-state index in [2.05, 4.69) is 0 Å². The number of hydrogen-bond acceptors (Lipinski definition) is 8. The van der Waals surface area contributed by atoms with Gasteiger partial charge in [-0.3, -0.25) is 25.0 Å². The number of rotatable bonds is 5. The number of carboxylic acids is 1. The average molecular weight is 452 g/mol. The molecule has 2 aromatic carbocycles. The SMILES string of the molecule is O=C1C=C/C(=C(/c2ccc([O-])c([N+](=O)[O-])c2)c2ccccc2C(=O)[O-])C=C1[N+](=O)[O-].[Na+].[Na+]. The van der Waals surface area contributed by atoms with E-state index in [1.807, 2.05) is 0 Å². The molecule has 32 heavy (non-hydrogen) atoms. The second-order valence-corrected chi connectivity index (χ2v) is 6.09. The molecule has 0 atom stereocenters. The molecule has 0 heterocycles. The van der Waals surface area contributed by atoms with E-state index < -0.39 is 38.7 Å². The zero-order valence-electron chi connectivity index (χ0n) is 16.9. The van der Waals surface area contributed by atoms with Gasteiger partial charge in [-0.2, -0.15) is 0 Å². The van der Waals surface area contributed by atoms with Gasteiger partial charge in [0.2, 0.25) is 0 Å². The van der Waals surface area contributed by atoms with Crippen LogP contribution in [0.3, 0.4) is 0 Å². The number of nitrogens with zero attached hydrogens (tertiary/aromatic N) is 2. The molecule has 0 spiro atoms. The van der Waals surface area contributed by atoms with Crippen molar-refractivity contribution in [2.75, 3.05) is 0 Å². The van der Waals surface area contributed by atoms with Gasteiger partial charge < -0.3 is 15.0 Å². The third-order valence-electron chi connectivity index (χ3n) is 4.30. The molecule has 0 bridgehead atoms. The number of carboxylic acid groups (broad SMARTS) is 1. The first-order valence-electron chi connectivity index (χ1n) is 8.30. The Labute approximate surface area is 224 Å². The monoisotopic (exact) mass is 452 g/mol. The first kappa shape index (κ1) is 27.4. The molecule has 12 heteroatoms. The van der Waals surface area contributed by atoms with Crippen LogP contribution in [-0.4, -0.2) is 21.6 Å². The minimum atomic E-state index is -1.55. The molecule has 0 saturated heterocycles.